The zero-order valence-corrected chi connectivity index (χ0v) is 11.6. The molecule has 1 aromatic carbocycles. The van der Waals surface area contributed by atoms with Gasteiger partial charge in [0.05, 0.1) is 12.7 Å². The van der Waals surface area contributed by atoms with Crippen molar-refractivity contribution in [3.63, 3.8) is 0 Å². The van der Waals surface area contributed by atoms with E-state index in [1.54, 1.807) is 0 Å². The van der Waals surface area contributed by atoms with E-state index in [2.05, 4.69) is 13.8 Å². The largest absolute Gasteiger partial charge is 0.494 e. The van der Waals surface area contributed by atoms with Crippen LogP contribution in [0.3, 0.4) is 0 Å². The van der Waals surface area contributed by atoms with Crippen molar-refractivity contribution in [1.82, 2.24) is 0 Å². The SMILES string of the molecule is CCCOc1ccc(OCC(O)C(C)CC)cc1. The second-order valence-corrected chi connectivity index (χ2v) is 4.58. The summed E-state index contributed by atoms with van der Waals surface area (Å²) in [6.07, 6.45) is 1.54. The van der Waals surface area contributed by atoms with Crippen LogP contribution in [-0.4, -0.2) is 24.4 Å². The lowest BCUT2D eigenvalue weighted by molar-refractivity contribution is 0.0622. The summed E-state index contributed by atoms with van der Waals surface area (Å²) in [7, 11) is 0. The molecule has 18 heavy (non-hydrogen) atoms. The number of hydrogen-bond donors (Lipinski definition) is 1. The Bertz CT molecular complexity index is 321. The summed E-state index contributed by atoms with van der Waals surface area (Å²) >= 11 is 0. The van der Waals surface area contributed by atoms with Crippen molar-refractivity contribution in [1.29, 1.82) is 0 Å². The molecule has 0 spiro atoms. The quantitative estimate of drug-likeness (QED) is 0.771. The van der Waals surface area contributed by atoms with Gasteiger partial charge in [0, 0.05) is 0 Å². The Hall–Kier alpha value is -1.22. The molecule has 0 aromatic heterocycles. The number of ether oxygens (including phenoxy) is 2. The average molecular weight is 252 g/mol. The van der Waals surface area contributed by atoms with E-state index in [1.165, 1.54) is 0 Å². The highest BCUT2D eigenvalue weighted by Gasteiger charge is 2.12. The van der Waals surface area contributed by atoms with Crippen LogP contribution in [-0.2, 0) is 0 Å². The van der Waals surface area contributed by atoms with Crippen molar-refractivity contribution in [2.24, 2.45) is 5.92 Å². The maximum absolute atomic E-state index is 9.80. The second-order valence-electron chi connectivity index (χ2n) is 4.58. The van der Waals surface area contributed by atoms with Crippen LogP contribution in [0.4, 0.5) is 0 Å². The van der Waals surface area contributed by atoms with Gasteiger partial charge in [0.25, 0.3) is 0 Å². The van der Waals surface area contributed by atoms with E-state index < -0.39 is 6.10 Å². The third-order valence-electron chi connectivity index (χ3n) is 3.02. The first kappa shape index (κ1) is 14.8. The van der Waals surface area contributed by atoms with Crippen molar-refractivity contribution in [3.8, 4) is 11.5 Å². The summed E-state index contributed by atoms with van der Waals surface area (Å²) in [5, 5.41) is 9.80. The van der Waals surface area contributed by atoms with Crippen LogP contribution in [0, 0.1) is 5.92 Å². The summed E-state index contributed by atoms with van der Waals surface area (Å²) in [6, 6.07) is 7.52. The Morgan fingerprint density at radius 1 is 1.06 bits per heavy atom. The molecule has 102 valence electrons. The minimum atomic E-state index is -0.411. The fourth-order valence-electron chi connectivity index (χ4n) is 1.47. The van der Waals surface area contributed by atoms with Crippen LogP contribution in [0.1, 0.15) is 33.6 Å². The van der Waals surface area contributed by atoms with E-state index >= 15 is 0 Å². The lowest BCUT2D eigenvalue weighted by atomic mass is 10.0. The van der Waals surface area contributed by atoms with Gasteiger partial charge in [-0.3, -0.25) is 0 Å². The number of rotatable bonds is 8. The smallest absolute Gasteiger partial charge is 0.119 e. The zero-order chi connectivity index (χ0) is 13.4. The lowest BCUT2D eigenvalue weighted by Crippen LogP contribution is -2.24. The van der Waals surface area contributed by atoms with Gasteiger partial charge >= 0.3 is 0 Å². The fourth-order valence-corrected chi connectivity index (χ4v) is 1.47. The van der Waals surface area contributed by atoms with E-state index in [0.29, 0.717) is 6.61 Å². The topological polar surface area (TPSA) is 38.7 Å². The molecule has 2 unspecified atom stereocenters. The van der Waals surface area contributed by atoms with Crippen molar-refractivity contribution >= 4 is 0 Å². The highest BCUT2D eigenvalue weighted by atomic mass is 16.5. The van der Waals surface area contributed by atoms with Crippen molar-refractivity contribution in [3.05, 3.63) is 24.3 Å². The Morgan fingerprint density at radius 2 is 1.61 bits per heavy atom. The highest BCUT2D eigenvalue weighted by molar-refractivity contribution is 5.31. The van der Waals surface area contributed by atoms with Gasteiger partial charge < -0.3 is 14.6 Å². The predicted molar refractivity (Wildman–Crippen MR) is 73.2 cm³/mol. The lowest BCUT2D eigenvalue weighted by Gasteiger charge is -2.17. The molecule has 0 aliphatic heterocycles. The first-order valence-corrected chi connectivity index (χ1v) is 6.71. The van der Waals surface area contributed by atoms with E-state index in [-0.39, 0.29) is 5.92 Å². The minimum absolute atomic E-state index is 0.261. The van der Waals surface area contributed by atoms with Gasteiger partial charge in [-0.2, -0.15) is 0 Å². The average Bonchev–Trinajstić information content (AvgIpc) is 2.42. The Kier molecular flexibility index (Phi) is 6.58. The predicted octanol–water partition coefficient (Wildman–Crippen LogP) is 3.26. The van der Waals surface area contributed by atoms with Gasteiger partial charge in [-0.25, -0.2) is 0 Å². The van der Waals surface area contributed by atoms with Crippen LogP contribution < -0.4 is 9.47 Å². The van der Waals surface area contributed by atoms with Gasteiger partial charge in [-0.1, -0.05) is 27.2 Å². The fraction of sp³-hybridized carbons (Fsp3) is 0.600. The molecule has 0 amide bonds. The molecule has 1 aromatic rings. The summed E-state index contributed by atoms with van der Waals surface area (Å²) in [4.78, 5) is 0. The monoisotopic (exact) mass is 252 g/mol. The van der Waals surface area contributed by atoms with Crippen molar-refractivity contribution in [2.45, 2.75) is 39.7 Å². The van der Waals surface area contributed by atoms with E-state index in [1.807, 2.05) is 31.2 Å². The molecule has 3 heteroatoms. The molecule has 0 saturated heterocycles. The zero-order valence-electron chi connectivity index (χ0n) is 11.6. The van der Waals surface area contributed by atoms with E-state index in [9.17, 15) is 5.11 Å². The normalized spacial score (nSPS) is 14.0. The Labute approximate surface area is 110 Å². The van der Waals surface area contributed by atoms with Gasteiger partial charge in [-0.05, 0) is 36.6 Å². The molecule has 0 heterocycles. The molecular weight excluding hydrogens is 228 g/mol. The van der Waals surface area contributed by atoms with E-state index in [0.717, 1.165) is 30.9 Å². The van der Waals surface area contributed by atoms with Crippen molar-refractivity contribution < 1.29 is 14.6 Å². The summed E-state index contributed by atoms with van der Waals surface area (Å²) < 4.78 is 11.0. The Morgan fingerprint density at radius 3 is 2.11 bits per heavy atom. The molecule has 0 bridgehead atoms. The van der Waals surface area contributed by atoms with E-state index in [4.69, 9.17) is 9.47 Å². The standard InChI is InChI=1S/C15H24O3/c1-4-10-17-13-6-8-14(9-7-13)18-11-15(16)12(3)5-2/h6-9,12,15-16H,4-5,10-11H2,1-3H3. The van der Waals surface area contributed by atoms with Crippen LogP contribution in [0.15, 0.2) is 24.3 Å². The Balaban J connectivity index is 2.39. The van der Waals surface area contributed by atoms with Gasteiger partial charge in [0.1, 0.15) is 18.1 Å². The molecule has 0 saturated carbocycles. The van der Waals surface area contributed by atoms with Gasteiger partial charge in [0.15, 0.2) is 0 Å². The van der Waals surface area contributed by atoms with Crippen molar-refractivity contribution in [2.75, 3.05) is 13.2 Å². The van der Waals surface area contributed by atoms with Crippen LogP contribution in [0.2, 0.25) is 0 Å². The highest BCUT2D eigenvalue weighted by Crippen LogP contribution is 2.18. The maximum atomic E-state index is 9.80. The molecule has 0 aliphatic carbocycles. The summed E-state index contributed by atoms with van der Waals surface area (Å²) in [5.74, 6) is 1.88. The molecule has 2 atom stereocenters. The first-order chi connectivity index (χ1) is 8.67. The number of benzene rings is 1. The summed E-state index contributed by atoms with van der Waals surface area (Å²) in [6.45, 7) is 7.23. The first-order valence-electron chi connectivity index (χ1n) is 6.71. The third-order valence-corrected chi connectivity index (χ3v) is 3.02. The van der Waals surface area contributed by atoms with Crippen LogP contribution >= 0.6 is 0 Å². The number of aliphatic hydroxyl groups excluding tert-OH is 1. The molecule has 1 rings (SSSR count). The van der Waals surface area contributed by atoms with Gasteiger partial charge in [-0.15, -0.1) is 0 Å². The molecule has 0 radical (unpaired) electrons. The van der Waals surface area contributed by atoms with Crippen LogP contribution in [0.5, 0.6) is 11.5 Å². The van der Waals surface area contributed by atoms with Crippen LogP contribution in [0.25, 0.3) is 0 Å². The third kappa shape index (κ3) is 4.96. The molecule has 1 N–H and O–H groups in total. The molecular formula is C15H24O3. The molecule has 3 nitrogen and oxygen atoms in total. The minimum Gasteiger partial charge on any atom is -0.494 e. The number of hydrogen-bond acceptors (Lipinski definition) is 3. The molecule has 0 aliphatic rings. The number of aliphatic hydroxyl groups is 1. The molecule has 0 fully saturated rings. The van der Waals surface area contributed by atoms with Gasteiger partial charge in [0.2, 0.25) is 0 Å². The maximum Gasteiger partial charge on any atom is 0.119 e. The summed E-state index contributed by atoms with van der Waals surface area (Å²) in [5.41, 5.74) is 0. The second kappa shape index (κ2) is 7.98.